The summed E-state index contributed by atoms with van der Waals surface area (Å²) in [5.74, 6) is 1.87. The van der Waals surface area contributed by atoms with E-state index in [2.05, 4.69) is 13.8 Å². The van der Waals surface area contributed by atoms with E-state index < -0.39 is 0 Å². The molecule has 0 aromatic rings. The highest BCUT2D eigenvalue weighted by Crippen LogP contribution is 2.24. The van der Waals surface area contributed by atoms with Crippen molar-refractivity contribution in [1.29, 1.82) is 0 Å². The lowest BCUT2D eigenvalue weighted by atomic mass is 9.88. The number of ether oxygens (including phenoxy) is 1. The third-order valence-electron chi connectivity index (χ3n) is 3.60. The van der Waals surface area contributed by atoms with Gasteiger partial charge in [-0.3, -0.25) is 4.99 Å². The van der Waals surface area contributed by atoms with Crippen LogP contribution in [0.1, 0.15) is 52.9 Å². The van der Waals surface area contributed by atoms with Gasteiger partial charge in [-0.1, -0.05) is 33.1 Å². The smallest absolute Gasteiger partial charge is 0.0973 e. The Kier molecular flexibility index (Phi) is 6.56. The molecule has 0 heterocycles. The lowest BCUT2D eigenvalue weighted by molar-refractivity contribution is 0.121. The fraction of sp³-hybridized carbons (Fsp3) is 0.929. The van der Waals surface area contributed by atoms with Gasteiger partial charge in [0, 0.05) is 12.5 Å². The van der Waals surface area contributed by atoms with Crippen LogP contribution in [0.5, 0.6) is 0 Å². The van der Waals surface area contributed by atoms with Gasteiger partial charge in [-0.2, -0.15) is 0 Å². The first kappa shape index (κ1) is 14.5. The van der Waals surface area contributed by atoms with E-state index >= 15 is 0 Å². The average molecular weight is 240 g/mol. The van der Waals surface area contributed by atoms with Crippen LogP contribution in [-0.2, 0) is 4.74 Å². The molecule has 0 aromatic heterocycles. The number of amidine groups is 1. The summed E-state index contributed by atoms with van der Waals surface area (Å²) in [5, 5.41) is 0. The molecule has 1 unspecified atom stereocenters. The first-order chi connectivity index (χ1) is 8.15. The van der Waals surface area contributed by atoms with E-state index in [1.807, 2.05) is 6.92 Å². The summed E-state index contributed by atoms with van der Waals surface area (Å²) in [6.45, 7) is 7.83. The van der Waals surface area contributed by atoms with Gasteiger partial charge in [0.15, 0.2) is 0 Å². The maximum Gasteiger partial charge on any atom is 0.0973 e. The Morgan fingerprint density at radius 1 is 1.29 bits per heavy atom. The van der Waals surface area contributed by atoms with Crippen LogP contribution in [0.25, 0.3) is 0 Å². The number of aliphatic imine (C=N–C) groups is 1. The lowest BCUT2D eigenvalue weighted by Crippen LogP contribution is -2.30. The highest BCUT2D eigenvalue weighted by Gasteiger charge is 2.19. The van der Waals surface area contributed by atoms with Gasteiger partial charge in [-0.15, -0.1) is 0 Å². The van der Waals surface area contributed by atoms with Crippen LogP contribution in [0.15, 0.2) is 4.99 Å². The summed E-state index contributed by atoms with van der Waals surface area (Å²) in [5.41, 5.74) is 6.15. The van der Waals surface area contributed by atoms with Gasteiger partial charge in [-0.05, 0) is 25.7 Å². The Labute approximate surface area is 106 Å². The molecule has 0 saturated heterocycles. The van der Waals surface area contributed by atoms with E-state index in [0.717, 1.165) is 12.4 Å². The summed E-state index contributed by atoms with van der Waals surface area (Å²) < 4.78 is 5.48. The second-order valence-corrected chi connectivity index (χ2v) is 5.36. The SMILES string of the molecule is CCOCC(N=C(N)C1CCCCC1)C(C)C. The highest BCUT2D eigenvalue weighted by atomic mass is 16.5. The third kappa shape index (κ3) is 5.07. The van der Waals surface area contributed by atoms with E-state index in [1.54, 1.807) is 0 Å². The molecular formula is C14H28N2O. The molecule has 17 heavy (non-hydrogen) atoms. The van der Waals surface area contributed by atoms with Crippen molar-refractivity contribution in [2.45, 2.75) is 58.9 Å². The quantitative estimate of drug-likeness (QED) is 0.573. The minimum Gasteiger partial charge on any atom is -0.387 e. The average Bonchev–Trinajstić information content (AvgIpc) is 2.35. The molecule has 3 nitrogen and oxygen atoms in total. The van der Waals surface area contributed by atoms with Gasteiger partial charge < -0.3 is 10.5 Å². The number of rotatable bonds is 6. The van der Waals surface area contributed by atoms with Crippen molar-refractivity contribution < 1.29 is 4.74 Å². The Morgan fingerprint density at radius 3 is 2.47 bits per heavy atom. The van der Waals surface area contributed by atoms with Crippen molar-refractivity contribution in [3.8, 4) is 0 Å². The number of nitrogens with two attached hydrogens (primary N) is 1. The molecule has 1 rings (SSSR count). The largest absolute Gasteiger partial charge is 0.387 e. The number of hydrogen-bond acceptors (Lipinski definition) is 2. The molecule has 0 aliphatic heterocycles. The zero-order valence-corrected chi connectivity index (χ0v) is 11.6. The van der Waals surface area contributed by atoms with E-state index in [0.29, 0.717) is 18.4 Å². The van der Waals surface area contributed by atoms with Crippen molar-refractivity contribution >= 4 is 5.84 Å². The van der Waals surface area contributed by atoms with Crippen molar-refractivity contribution in [2.75, 3.05) is 13.2 Å². The first-order valence-corrected chi connectivity index (χ1v) is 7.06. The summed E-state index contributed by atoms with van der Waals surface area (Å²) in [6.07, 6.45) is 6.40. The third-order valence-corrected chi connectivity index (χ3v) is 3.60. The van der Waals surface area contributed by atoms with Crippen LogP contribution >= 0.6 is 0 Å². The topological polar surface area (TPSA) is 47.6 Å². The van der Waals surface area contributed by atoms with E-state index in [1.165, 1.54) is 32.1 Å². The van der Waals surface area contributed by atoms with Gasteiger partial charge >= 0.3 is 0 Å². The van der Waals surface area contributed by atoms with Crippen LogP contribution in [0.2, 0.25) is 0 Å². The number of nitrogens with zero attached hydrogens (tertiary/aromatic N) is 1. The summed E-state index contributed by atoms with van der Waals surface area (Å²) in [7, 11) is 0. The van der Waals surface area contributed by atoms with Crippen LogP contribution in [0.3, 0.4) is 0 Å². The van der Waals surface area contributed by atoms with Gasteiger partial charge in [0.2, 0.25) is 0 Å². The lowest BCUT2D eigenvalue weighted by Gasteiger charge is -2.24. The van der Waals surface area contributed by atoms with Crippen LogP contribution in [0.4, 0.5) is 0 Å². The second-order valence-electron chi connectivity index (χ2n) is 5.36. The van der Waals surface area contributed by atoms with Crippen molar-refractivity contribution in [3.63, 3.8) is 0 Å². The normalized spacial score (nSPS) is 20.8. The molecule has 1 saturated carbocycles. The zero-order valence-electron chi connectivity index (χ0n) is 11.6. The zero-order chi connectivity index (χ0) is 12.7. The van der Waals surface area contributed by atoms with Crippen LogP contribution < -0.4 is 5.73 Å². The standard InChI is InChI=1S/C14H28N2O/c1-4-17-10-13(11(2)3)16-14(15)12-8-6-5-7-9-12/h11-13H,4-10H2,1-3H3,(H2,15,16). The molecule has 0 spiro atoms. The van der Waals surface area contributed by atoms with Crippen molar-refractivity contribution in [3.05, 3.63) is 0 Å². The molecule has 0 radical (unpaired) electrons. The Hall–Kier alpha value is -0.570. The fourth-order valence-corrected chi connectivity index (χ4v) is 2.31. The Bertz CT molecular complexity index is 232. The molecule has 3 heteroatoms. The molecule has 100 valence electrons. The highest BCUT2D eigenvalue weighted by molar-refractivity contribution is 5.83. The summed E-state index contributed by atoms with van der Waals surface area (Å²) in [6, 6.07) is 0.219. The predicted molar refractivity (Wildman–Crippen MR) is 73.3 cm³/mol. The Balaban J connectivity index is 2.54. The summed E-state index contributed by atoms with van der Waals surface area (Å²) >= 11 is 0. The molecule has 0 aromatic carbocycles. The molecule has 0 bridgehead atoms. The molecule has 0 amide bonds. The molecular weight excluding hydrogens is 212 g/mol. The van der Waals surface area contributed by atoms with Gasteiger partial charge in [0.1, 0.15) is 0 Å². The van der Waals surface area contributed by atoms with E-state index in [4.69, 9.17) is 15.5 Å². The van der Waals surface area contributed by atoms with Crippen molar-refractivity contribution in [2.24, 2.45) is 22.6 Å². The predicted octanol–water partition coefficient (Wildman–Crippen LogP) is 2.99. The van der Waals surface area contributed by atoms with Gasteiger partial charge in [0.25, 0.3) is 0 Å². The summed E-state index contributed by atoms with van der Waals surface area (Å²) in [4.78, 5) is 4.71. The maximum absolute atomic E-state index is 6.15. The van der Waals surface area contributed by atoms with Gasteiger partial charge in [0.05, 0.1) is 18.5 Å². The minimum atomic E-state index is 0.219. The monoisotopic (exact) mass is 240 g/mol. The molecule has 1 aliphatic carbocycles. The van der Waals surface area contributed by atoms with Crippen molar-refractivity contribution in [1.82, 2.24) is 0 Å². The first-order valence-electron chi connectivity index (χ1n) is 7.06. The van der Waals surface area contributed by atoms with E-state index in [9.17, 15) is 0 Å². The molecule has 2 N–H and O–H groups in total. The molecule has 1 fully saturated rings. The molecule has 1 atom stereocenters. The Morgan fingerprint density at radius 2 is 1.94 bits per heavy atom. The fourth-order valence-electron chi connectivity index (χ4n) is 2.31. The van der Waals surface area contributed by atoms with Gasteiger partial charge in [-0.25, -0.2) is 0 Å². The van der Waals surface area contributed by atoms with Crippen LogP contribution in [-0.4, -0.2) is 25.1 Å². The van der Waals surface area contributed by atoms with Crippen LogP contribution in [0, 0.1) is 11.8 Å². The van der Waals surface area contributed by atoms with E-state index in [-0.39, 0.29) is 6.04 Å². The molecule has 1 aliphatic rings. The second kappa shape index (κ2) is 7.70. The minimum absolute atomic E-state index is 0.219. The number of hydrogen-bond donors (Lipinski definition) is 1. The maximum atomic E-state index is 6.15.